The molecule has 1 atom stereocenters. The molecule has 1 amide bonds. The standard InChI is InChI=1S/C14H17NO5S/c1-8-3-4-9(2)11(5-8)21-7-12(16)15-10(14(19)20)6-13(17)18/h3-5,10H,6-7H2,1-2H3,(H,15,16)(H,17,18)(H,19,20). The Morgan fingerprint density at radius 1 is 1.24 bits per heavy atom. The summed E-state index contributed by atoms with van der Waals surface area (Å²) in [7, 11) is 0. The van der Waals surface area contributed by atoms with Crippen LogP contribution < -0.4 is 5.32 Å². The summed E-state index contributed by atoms with van der Waals surface area (Å²) in [5.41, 5.74) is 2.09. The Morgan fingerprint density at radius 3 is 2.48 bits per heavy atom. The van der Waals surface area contributed by atoms with Crippen molar-refractivity contribution in [3.8, 4) is 0 Å². The molecule has 0 fully saturated rings. The molecular formula is C14H17NO5S. The van der Waals surface area contributed by atoms with Gasteiger partial charge >= 0.3 is 11.9 Å². The molecule has 114 valence electrons. The Labute approximate surface area is 126 Å². The fraction of sp³-hybridized carbons (Fsp3) is 0.357. The Balaban J connectivity index is 2.58. The Morgan fingerprint density at radius 2 is 1.90 bits per heavy atom. The molecule has 7 heteroatoms. The maximum absolute atomic E-state index is 11.7. The van der Waals surface area contributed by atoms with E-state index in [-0.39, 0.29) is 5.75 Å². The van der Waals surface area contributed by atoms with E-state index in [0.29, 0.717) is 0 Å². The number of thioether (sulfide) groups is 1. The highest BCUT2D eigenvalue weighted by Crippen LogP contribution is 2.23. The number of aryl methyl sites for hydroxylation is 2. The first kappa shape index (κ1) is 17.0. The minimum absolute atomic E-state index is 0.0354. The van der Waals surface area contributed by atoms with E-state index in [1.54, 1.807) is 0 Å². The van der Waals surface area contributed by atoms with Crippen LogP contribution in [0.1, 0.15) is 17.5 Å². The molecule has 0 radical (unpaired) electrons. The van der Waals surface area contributed by atoms with Crippen LogP contribution in [0.15, 0.2) is 23.1 Å². The Bertz CT molecular complexity index is 558. The first-order valence-corrected chi connectivity index (χ1v) is 7.22. The molecule has 0 aliphatic heterocycles. The number of hydrogen-bond donors (Lipinski definition) is 3. The molecule has 1 unspecified atom stereocenters. The molecule has 0 spiro atoms. The number of nitrogens with one attached hydrogen (secondary N) is 1. The van der Waals surface area contributed by atoms with Crippen LogP contribution in [-0.2, 0) is 14.4 Å². The maximum Gasteiger partial charge on any atom is 0.326 e. The third kappa shape index (κ3) is 5.86. The van der Waals surface area contributed by atoms with Gasteiger partial charge in [-0.1, -0.05) is 17.7 Å². The van der Waals surface area contributed by atoms with Crippen molar-refractivity contribution < 1.29 is 24.6 Å². The van der Waals surface area contributed by atoms with E-state index in [2.05, 4.69) is 5.32 Å². The van der Waals surface area contributed by atoms with Crippen LogP contribution in [0.4, 0.5) is 0 Å². The predicted octanol–water partition coefficient (Wildman–Crippen LogP) is 1.44. The quantitative estimate of drug-likeness (QED) is 0.658. The van der Waals surface area contributed by atoms with Crippen molar-refractivity contribution >= 4 is 29.6 Å². The zero-order chi connectivity index (χ0) is 16.0. The van der Waals surface area contributed by atoms with Gasteiger partial charge in [0.1, 0.15) is 6.04 Å². The van der Waals surface area contributed by atoms with Crippen LogP contribution in [0.25, 0.3) is 0 Å². The lowest BCUT2D eigenvalue weighted by Gasteiger charge is -2.12. The van der Waals surface area contributed by atoms with Crippen LogP contribution in [0.2, 0.25) is 0 Å². The SMILES string of the molecule is Cc1ccc(C)c(SCC(=O)NC(CC(=O)O)C(=O)O)c1. The minimum atomic E-state index is -1.41. The smallest absolute Gasteiger partial charge is 0.326 e. The van der Waals surface area contributed by atoms with Crippen LogP contribution >= 0.6 is 11.8 Å². The Hall–Kier alpha value is -2.02. The van der Waals surface area contributed by atoms with Crippen LogP contribution in [-0.4, -0.2) is 39.9 Å². The lowest BCUT2D eigenvalue weighted by molar-refractivity contribution is -0.147. The number of hydrogen-bond acceptors (Lipinski definition) is 4. The topological polar surface area (TPSA) is 104 Å². The first-order valence-electron chi connectivity index (χ1n) is 6.23. The van der Waals surface area contributed by atoms with E-state index in [0.717, 1.165) is 16.0 Å². The summed E-state index contributed by atoms with van der Waals surface area (Å²) in [6.07, 6.45) is -0.644. The van der Waals surface area contributed by atoms with Gasteiger partial charge in [-0.3, -0.25) is 9.59 Å². The summed E-state index contributed by atoms with van der Waals surface area (Å²) in [4.78, 5) is 34.1. The first-order chi connectivity index (χ1) is 9.79. The fourth-order valence-corrected chi connectivity index (χ4v) is 2.55. The lowest BCUT2D eigenvalue weighted by Crippen LogP contribution is -2.43. The molecule has 0 aromatic heterocycles. The van der Waals surface area contributed by atoms with Crippen molar-refractivity contribution in [3.63, 3.8) is 0 Å². The summed E-state index contributed by atoms with van der Waals surface area (Å²) >= 11 is 1.29. The molecule has 1 rings (SSSR count). The van der Waals surface area contributed by atoms with Gasteiger partial charge in [0.15, 0.2) is 0 Å². The number of carboxylic acids is 2. The van der Waals surface area contributed by atoms with Crippen LogP contribution in [0.5, 0.6) is 0 Å². The third-order valence-electron chi connectivity index (χ3n) is 2.71. The highest BCUT2D eigenvalue weighted by atomic mass is 32.2. The number of carboxylic acid groups (broad SMARTS) is 2. The summed E-state index contributed by atoms with van der Waals surface area (Å²) in [6.45, 7) is 3.86. The summed E-state index contributed by atoms with van der Waals surface area (Å²) in [5, 5.41) is 19.7. The largest absolute Gasteiger partial charge is 0.481 e. The van der Waals surface area contributed by atoms with Crippen LogP contribution in [0, 0.1) is 13.8 Å². The highest BCUT2D eigenvalue weighted by molar-refractivity contribution is 8.00. The fourth-order valence-electron chi connectivity index (χ4n) is 1.62. The highest BCUT2D eigenvalue weighted by Gasteiger charge is 2.22. The Kier molecular flexibility index (Phi) is 6.23. The number of rotatable bonds is 7. The van der Waals surface area contributed by atoms with Gasteiger partial charge in [-0.25, -0.2) is 4.79 Å². The van der Waals surface area contributed by atoms with Crippen molar-refractivity contribution in [2.75, 3.05) is 5.75 Å². The second-order valence-corrected chi connectivity index (χ2v) is 5.63. The van der Waals surface area contributed by atoms with Gasteiger partial charge in [0.2, 0.25) is 5.91 Å². The molecule has 3 N–H and O–H groups in total. The number of carbonyl (C=O) groups is 3. The molecule has 6 nitrogen and oxygen atoms in total. The third-order valence-corrected chi connectivity index (χ3v) is 3.87. The molecule has 1 aromatic rings. The number of amides is 1. The normalized spacial score (nSPS) is 11.7. The molecule has 0 aliphatic rings. The second kappa shape index (κ2) is 7.68. The zero-order valence-corrected chi connectivity index (χ0v) is 12.6. The molecular weight excluding hydrogens is 294 g/mol. The molecule has 21 heavy (non-hydrogen) atoms. The van der Waals surface area contributed by atoms with E-state index in [1.165, 1.54) is 11.8 Å². The van der Waals surface area contributed by atoms with E-state index in [1.807, 2.05) is 32.0 Å². The molecule has 1 aromatic carbocycles. The van der Waals surface area contributed by atoms with Gasteiger partial charge in [0, 0.05) is 4.90 Å². The molecule has 0 heterocycles. The lowest BCUT2D eigenvalue weighted by atomic mass is 10.2. The molecule has 0 aliphatic carbocycles. The zero-order valence-electron chi connectivity index (χ0n) is 11.8. The van der Waals surface area contributed by atoms with Crippen molar-refractivity contribution in [2.24, 2.45) is 0 Å². The number of benzene rings is 1. The van der Waals surface area contributed by atoms with Gasteiger partial charge < -0.3 is 15.5 Å². The molecule has 0 bridgehead atoms. The predicted molar refractivity (Wildman–Crippen MR) is 78.5 cm³/mol. The van der Waals surface area contributed by atoms with Crippen molar-refractivity contribution in [3.05, 3.63) is 29.3 Å². The monoisotopic (exact) mass is 311 g/mol. The van der Waals surface area contributed by atoms with Crippen LogP contribution in [0.3, 0.4) is 0 Å². The van der Waals surface area contributed by atoms with Gasteiger partial charge in [-0.05, 0) is 25.5 Å². The summed E-state index contributed by atoms with van der Waals surface area (Å²) in [6, 6.07) is 4.45. The van der Waals surface area contributed by atoms with E-state index >= 15 is 0 Å². The minimum Gasteiger partial charge on any atom is -0.481 e. The van der Waals surface area contributed by atoms with Gasteiger partial charge in [0.25, 0.3) is 0 Å². The maximum atomic E-state index is 11.7. The summed E-state index contributed by atoms with van der Waals surface area (Å²) in [5.74, 6) is -3.10. The average Bonchev–Trinajstić information content (AvgIpc) is 2.38. The molecule has 0 saturated heterocycles. The van der Waals surface area contributed by atoms with Gasteiger partial charge in [0.05, 0.1) is 12.2 Å². The van der Waals surface area contributed by atoms with E-state index in [9.17, 15) is 14.4 Å². The molecule has 0 saturated carbocycles. The average molecular weight is 311 g/mol. The van der Waals surface area contributed by atoms with E-state index in [4.69, 9.17) is 10.2 Å². The van der Waals surface area contributed by atoms with Gasteiger partial charge in [-0.15, -0.1) is 11.8 Å². The summed E-state index contributed by atoms with van der Waals surface area (Å²) < 4.78 is 0. The number of aliphatic carboxylic acids is 2. The van der Waals surface area contributed by atoms with Crippen molar-refractivity contribution in [1.29, 1.82) is 0 Å². The van der Waals surface area contributed by atoms with Crippen molar-refractivity contribution in [1.82, 2.24) is 5.32 Å². The number of carbonyl (C=O) groups excluding carboxylic acids is 1. The second-order valence-electron chi connectivity index (χ2n) is 4.61. The van der Waals surface area contributed by atoms with Gasteiger partial charge in [-0.2, -0.15) is 0 Å². The van der Waals surface area contributed by atoms with Crippen molar-refractivity contribution in [2.45, 2.75) is 31.2 Å². The van der Waals surface area contributed by atoms with E-state index < -0.39 is 30.3 Å².